The number of fused-ring (bicyclic) bond motifs is 1. The quantitative estimate of drug-likeness (QED) is 0.572. The molecule has 0 aliphatic carbocycles. The zero-order chi connectivity index (χ0) is 19.6. The van der Waals surface area contributed by atoms with Crippen LogP contribution in [0.25, 0.3) is 22.3 Å². The lowest BCUT2D eigenvalue weighted by molar-refractivity contribution is 0.557. The average molecular weight is 363 g/mol. The average Bonchev–Trinajstić information content (AvgIpc) is 3.23. The molecule has 0 radical (unpaired) electrons. The highest BCUT2D eigenvalue weighted by Crippen LogP contribution is 2.22. The highest BCUT2D eigenvalue weighted by Gasteiger charge is 2.14. The zero-order valence-electron chi connectivity index (χ0n) is 16.1. The lowest BCUT2D eigenvalue weighted by atomic mass is 10.1. The Morgan fingerprint density at radius 1 is 1.07 bits per heavy atom. The van der Waals surface area contributed by atoms with Gasteiger partial charge in [-0.1, -0.05) is 41.5 Å². The van der Waals surface area contributed by atoms with Crippen LogP contribution in [0.1, 0.15) is 24.2 Å². The number of hydrogen-bond acceptors (Lipinski definition) is 3. The van der Waals surface area contributed by atoms with Gasteiger partial charge in [0.25, 0.3) is 0 Å². The second kappa shape index (κ2) is 7.63. The third kappa shape index (κ3) is 3.85. The smallest absolute Gasteiger partial charge is 0.330 e. The van der Waals surface area contributed by atoms with Crippen LogP contribution in [0, 0.1) is 13.8 Å². The summed E-state index contributed by atoms with van der Waals surface area (Å²) in [6.07, 6.45) is 3.01. The Kier molecular flexibility index (Phi) is 5.28. The molecule has 0 spiro atoms. The molecule has 4 aromatic rings. The standard InChI is InChI=1S/C13H15N5O.C8H10/c1-8(14)18-12-5-9(10-6-15-7-16-10)3-4-11(12)17(2)13(18)19;1-7-4-3-5-8(2)6-7/h3-8H,14H2,1-2H3,(H,15,16);3-6H,1-2H3. The first-order chi connectivity index (χ1) is 12.9. The zero-order valence-corrected chi connectivity index (χ0v) is 16.1. The summed E-state index contributed by atoms with van der Waals surface area (Å²) in [5.41, 5.74) is 12.0. The topological polar surface area (TPSA) is 81.6 Å². The van der Waals surface area contributed by atoms with Crippen LogP contribution >= 0.6 is 0 Å². The fraction of sp³-hybridized carbons (Fsp3) is 0.238. The Morgan fingerprint density at radius 3 is 2.30 bits per heavy atom. The molecule has 0 amide bonds. The van der Waals surface area contributed by atoms with Crippen LogP contribution in [0.15, 0.2) is 59.8 Å². The van der Waals surface area contributed by atoms with Crippen molar-refractivity contribution in [3.8, 4) is 11.3 Å². The molecule has 1 unspecified atom stereocenters. The first-order valence-electron chi connectivity index (χ1n) is 8.87. The van der Waals surface area contributed by atoms with Crippen molar-refractivity contribution in [2.45, 2.75) is 26.9 Å². The van der Waals surface area contributed by atoms with Crippen LogP contribution in [-0.2, 0) is 7.05 Å². The molecule has 27 heavy (non-hydrogen) atoms. The summed E-state index contributed by atoms with van der Waals surface area (Å²) in [7, 11) is 1.75. The van der Waals surface area contributed by atoms with E-state index in [1.54, 1.807) is 35.6 Å². The minimum atomic E-state index is -0.367. The maximum absolute atomic E-state index is 12.2. The first-order valence-corrected chi connectivity index (χ1v) is 8.87. The van der Waals surface area contributed by atoms with Crippen LogP contribution < -0.4 is 11.4 Å². The van der Waals surface area contributed by atoms with E-state index in [1.807, 2.05) is 18.2 Å². The maximum Gasteiger partial charge on any atom is 0.330 e. The third-order valence-electron chi connectivity index (χ3n) is 4.48. The Labute approximate surface area is 158 Å². The Bertz CT molecular complexity index is 1090. The van der Waals surface area contributed by atoms with E-state index < -0.39 is 0 Å². The van der Waals surface area contributed by atoms with Crippen molar-refractivity contribution >= 4 is 11.0 Å². The first kappa shape index (κ1) is 18.7. The lowest BCUT2D eigenvalue weighted by Gasteiger charge is -2.07. The summed E-state index contributed by atoms with van der Waals surface area (Å²) in [4.78, 5) is 19.2. The van der Waals surface area contributed by atoms with E-state index in [9.17, 15) is 4.79 Å². The van der Waals surface area contributed by atoms with E-state index in [2.05, 4.69) is 48.1 Å². The van der Waals surface area contributed by atoms with Gasteiger partial charge in [-0.2, -0.15) is 0 Å². The number of H-pyrrole nitrogens is 1. The Hall–Kier alpha value is -3.12. The second-order valence-corrected chi connectivity index (χ2v) is 6.78. The molecule has 1 atom stereocenters. The summed E-state index contributed by atoms with van der Waals surface area (Å²) in [5.74, 6) is 0. The fourth-order valence-electron chi connectivity index (χ4n) is 3.15. The van der Waals surface area contributed by atoms with Gasteiger partial charge < -0.3 is 10.7 Å². The maximum atomic E-state index is 12.2. The minimum absolute atomic E-state index is 0.105. The number of hydrogen-bond donors (Lipinski definition) is 2. The number of aromatic nitrogens is 4. The summed E-state index contributed by atoms with van der Waals surface area (Å²) < 4.78 is 3.20. The van der Waals surface area contributed by atoms with Gasteiger partial charge in [-0.3, -0.25) is 9.13 Å². The Morgan fingerprint density at radius 2 is 1.78 bits per heavy atom. The molecule has 140 valence electrons. The molecule has 0 saturated carbocycles. The molecule has 4 rings (SSSR count). The molecule has 3 N–H and O–H groups in total. The number of benzene rings is 2. The number of rotatable bonds is 2. The van der Waals surface area contributed by atoms with Gasteiger partial charge in [0, 0.05) is 12.6 Å². The van der Waals surface area contributed by atoms with Crippen molar-refractivity contribution in [3.05, 3.63) is 76.6 Å². The summed E-state index contributed by atoms with van der Waals surface area (Å²) in [5, 5.41) is 0. The highest BCUT2D eigenvalue weighted by atomic mass is 16.1. The van der Waals surface area contributed by atoms with Crippen LogP contribution in [0.5, 0.6) is 0 Å². The van der Waals surface area contributed by atoms with E-state index in [0.29, 0.717) is 0 Å². The normalized spacial score (nSPS) is 11.9. The predicted molar refractivity (Wildman–Crippen MR) is 110 cm³/mol. The van der Waals surface area contributed by atoms with Gasteiger partial charge in [-0.25, -0.2) is 9.78 Å². The molecule has 0 saturated heterocycles. The molecule has 0 aliphatic heterocycles. The van der Waals surface area contributed by atoms with E-state index in [1.165, 1.54) is 11.1 Å². The van der Waals surface area contributed by atoms with Crippen molar-refractivity contribution in [1.29, 1.82) is 0 Å². The van der Waals surface area contributed by atoms with E-state index in [0.717, 1.165) is 22.3 Å². The molecular weight excluding hydrogens is 338 g/mol. The highest BCUT2D eigenvalue weighted by molar-refractivity contribution is 5.82. The summed E-state index contributed by atoms with van der Waals surface area (Å²) in [6.45, 7) is 6.00. The number of nitrogens with two attached hydrogens (primary N) is 1. The Balaban J connectivity index is 0.000000221. The molecule has 6 nitrogen and oxygen atoms in total. The summed E-state index contributed by atoms with van der Waals surface area (Å²) in [6, 6.07) is 14.3. The fourth-order valence-corrected chi connectivity index (χ4v) is 3.15. The molecule has 2 heterocycles. The predicted octanol–water partition coefficient (Wildman–Crippen LogP) is 3.51. The van der Waals surface area contributed by atoms with Gasteiger partial charge in [0.15, 0.2) is 0 Å². The molecule has 0 bridgehead atoms. The van der Waals surface area contributed by atoms with Crippen LogP contribution in [-0.4, -0.2) is 19.1 Å². The summed E-state index contributed by atoms with van der Waals surface area (Å²) >= 11 is 0. The van der Waals surface area contributed by atoms with Crippen molar-refractivity contribution < 1.29 is 0 Å². The molecule has 2 aromatic carbocycles. The van der Waals surface area contributed by atoms with E-state index in [4.69, 9.17) is 5.73 Å². The number of nitrogens with zero attached hydrogens (tertiary/aromatic N) is 3. The van der Waals surface area contributed by atoms with Crippen LogP contribution in [0.2, 0.25) is 0 Å². The van der Waals surface area contributed by atoms with Gasteiger partial charge in [-0.05, 0) is 32.9 Å². The third-order valence-corrected chi connectivity index (χ3v) is 4.48. The molecule has 6 heteroatoms. The second-order valence-electron chi connectivity index (χ2n) is 6.78. The largest absolute Gasteiger partial charge is 0.345 e. The molecule has 0 fully saturated rings. The number of aryl methyl sites for hydroxylation is 3. The van der Waals surface area contributed by atoms with Crippen LogP contribution in [0.3, 0.4) is 0 Å². The van der Waals surface area contributed by atoms with Gasteiger partial charge in [-0.15, -0.1) is 0 Å². The monoisotopic (exact) mass is 363 g/mol. The van der Waals surface area contributed by atoms with E-state index in [-0.39, 0.29) is 11.9 Å². The molecule has 2 aromatic heterocycles. The van der Waals surface area contributed by atoms with Gasteiger partial charge in [0.1, 0.15) is 0 Å². The van der Waals surface area contributed by atoms with Gasteiger partial charge in [0.2, 0.25) is 0 Å². The van der Waals surface area contributed by atoms with Gasteiger partial charge in [0.05, 0.1) is 35.4 Å². The number of aromatic amines is 1. The minimum Gasteiger partial charge on any atom is -0.345 e. The SMILES string of the molecule is CC(N)n1c(=O)n(C)c2ccc(-c3cnc[nH]3)cc21.Cc1cccc(C)c1. The van der Waals surface area contributed by atoms with Crippen molar-refractivity contribution in [3.63, 3.8) is 0 Å². The molecule has 0 aliphatic rings. The van der Waals surface area contributed by atoms with E-state index >= 15 is 0 Å². The molecular formula is C21H25N5O. The van der Waals surface area contributed by atoms with Gasteiger partial charge >= 0.3 is 5.69 Å². The number of nitrogens with one attached hydrogen (secondary N) is 1. The van der Waals surface area contributed by atoms with Crippen molar-refractivity contribution in [1.82, 2.24) is 19.1 Å². The van der Waals surface area contributed by atoms with Crippen LogP contribution in [0.4, 0.5) is 0 Å². The lowest BCUT2D eigenvalue weighted by Crippen LogP contribution is -2.28. The number of imidazole rings is 2. The van der Waals surface area contributed by atoms with Crippen molar-refractivity contribution in [2.24, 2.45) is 12.8 Å². The van der Waals surface area contributed by atoms with Crippen molar-refractivity contribution in [2.75, 3.05) is 0 Å².